The number of hydrogen-bond donors (Lipinski definition) is 0. The summed E-state index contributed by atoms with van der Waals surface area (Å²) < 4.78 is 23.9. The molecule has 0 bridgehead atoms. The van der Waals surface area contributed by atoms with Crippen LogP contribution in [0.5, 0.6) is 0 Å². The van der Waals surface area contributed by atoms with Gasteiger partial charge >= 0.3 is 6.16 Å². The average Bonchev–Trinajstić information content (AvgIpc) is 2.74. The smallest absolute Gasteiger partial charge is 0.432 e. The lowest BCUT2D eigenvalue weighted by molar-refractivity contribution is -0.00711. The van der Waals surface area contributed by atoms with Crippen LogP contribution >= 0.6 is 11.6 Å². The summed E-state index contributed by atoms with van der Waals surface area (Å²) in [6, 6.07) is 12.9. The molecule has 0 N–H and O–H groups in total. The van der Waals surface area contributed by atoms with Gasteiger partial charge < -0.3 is 9.47 Å². The van der Waals surface area contributed by atoms with Crippen molar-refractivity contribution in [2.75, 3.05) is 19.6 Å². The Bertz CT molecular complexity index is 877. The highest BCUT2D eigenvalue weighted by molar-refractivity contribution is 6.30. The molecule has 31 heavy (non-hydrogen) atoms. The lowest BCUT2D eigenvalue weighted by atomic mass is 9.88. The Balaban J connectivity index is 1.61. The highest BCUT2D eigenvalue weighted by atomic mass is 35.5. The van der Waals surface area contributed by atoms with Crippen molar-refractivity contribution in [1.82, 2.24) is 4.90 Å². The summed E-state index contributed by atoms with van der Waals surface area (Å²) in [6.07, 6.45) is -0.101. The number of Topliss-reactive ketones (excluding diaryl/α,β-unsaturated/α-hetero) is 1. The minimum atomic E-state index is -0.712. The third-order valence-corrected chi connectivity index (χ3v) is 5.58. The molecule has 2 aromatic carbocycles. The maximum atomic E-state index is 13.1. The highest BCUT2D eigenvalue weighted by Crippen LogP contribution is 2.26. The van der Waals surface area contributed by atoms with Gasteiger partial charge in [0, 0.05) is 23.0 Å². The van der Waals surface area contributed by atoms with Gasteiger partial charge in [-0.05, 0) is 81.7 Å². The first kappa shape index (κ1) is 23.2. The SMILES string of the molecule is CC(C)OC(=O)OC(CN1CCC(C(=O)c2ccc(F)cc2)CC1)c1ccc(Cl)cc1. The minimum absolute atomic E-state index is 0.0469. The van der Waals surface area contributed by atoms with Gasteiger partial charge in [0.25, 0.3) is 0 Å². The molecule has 1 fully saturated rings. The molecule has 0 radical (unpaired) electrons. The van der Waals surface area contributed by atoms with Crippen LogP contribution in [0.2, 0.25) is 5.02 Å². The molecule has 1 unspecified atom stereocenters. The fraction of sp³-hybridized carbons (Fsp3) is 0.417. The summed E-state index contributed by atoms with van der Waals surface area (Å²) in [4.78, 5) is 27.0. The van der Waals surface area contributed by atoms with Gasteiger partial charge in [-0.1, -0.05) is 23.7 Å². The van der Waals surface area contributed by atoms with Gasteiger partial charge in [-0.2, -0.15) is 0 Å². The van der Waals surface area contributed by atoms with Crippen LogP contribution < -0.4 is 0 Å². The fourth-order valence-corrected chi connectivity index (χ4v) is 3.81. The Morgan fingerprint density at radius 1 is 1.03 bits per heavy atom. The predicted molar refractivity (Wildman–Crippen MR) is 117 cm³/mol. The summed E-state index contributed by atoms with van der Waals surface area (Å²) in [6.45, 7) is 5.42. The molecule has 0 aromatic heterocycles. The molecule has 0 spiro atoms. The van der Waals surface area contributed by atoms with E-state index in [1.807, 2.05) is 12.1 Å². The fourth-order valence-electron chi connectivity index (χ4n) is 3.69. The molecule has 1 heterocycles. The van der Waals surface area contributed by atoms with Crippen LogP contribution in [0.4, 0.5) is 9.18 Å². The highest BCUT2D eigenvalue weighted by Gasteiger charge is 2.29. The molecule has 0 aliphatic carbocycles. The first-order valence-electron chi connectivity index (χ1n) is 10.5. The van der Waals surface area contributed by atoms with Gasteiger partial charge in [0.2, 0.25) is 0 Å². The molecule has 0 amide bonds. The van der Waals surface area contributed by atoms with Crippen LogP contribution in [0.15, 0.2) is 48.5 Å². The lowest BCUT2D eigenvalue weighted by Crippen LogP contribution is -2.39. The van der Waals surface area contributed by atoms with Crippen molar-refractivity contribution < 1.29 is 23.5 Å². The van der Waals surface area contributed by atoms with E-state index in [4.69, 9.17) is 21.1 Å². The molecule has 5 nitrogen and oxygen atoms in total. The number of rotatable bonds is 7. The summed E-state index contributed by atoms with van der Waals surface area (Å²) in [5.74, 6) is -0.399. The van der Waals surface area contributed by atoms with Crippen LogP contribution in [0.25, 0.3) is 0 Å². The van der Waals surface area contributed by atoms with Gasteiger partial charge in [0.1, 0.15) is 11.9 Å². The van der Waals surface area contributed by atoms with Gasteiger partial charge in [-0.15, -0.1) is 0 Å². The number of hydrogen-bond acceptors (Lipinski definition) is 5. The zero-order chi connectivity index (χ0) is 22.4. The van der Waals surface area contributed by atoms with E-state index in [1.165, 1.54) is 24.3 Å². The van der Waals surface area contributed by atoms with E-state index < -0.39 is 12.3 Å². The third kappa shape index (κ3) is 6.77. The lowest BCUT2D eigenvalue weighted by Gasteiger charge is -2.33. The van der Waals surface area contributed by atoms with Crippen molar-refractivity contribution >= 4 is 23.5 Å². The zero-order valence-corrected chi connectivity index (χ0v) is 18.5. The summed E-state index contributed by atoms with van der Waals surface area (Å²) in [7, 11) is 0. The predicted octanol–water partition coefficient (Wildman–Crippen LogP) is 5.68. The normalized spacial score (nSPS) is 16.2. The number of benzene rings is 2. The molecule has 0 saturated carbocycles. The summed E-state index contributed by atoms with van der Waals surface area (Å²) >= 11 is 5.99. The minimum Gasteiger partial charge on any atom is -0.432 e. The van der Waals surface area contributed by atoms with E-state index in [9.17, 15) is 14.0 Å². The van der Waals surface area contributed by atoms with E-state index in [0.29, 0.717) is 43.1 Å². The molecule has 1 aliphatic rings. The number of carbonyl (C=O) groups excluding carboxylic acids is 2. The van der Waals surface area contributed by atoms with Crippen molar-refractivity contribution in [3.8, 4) is 0 Å². The van der Waals surface area contributed by atoms with Crippen molar-refractivity contribution in [3.63, 3.8) is 0 Å². The topological polar surface area (TPSA) is 55.8 Å². The van der Waals surface area contributed by atoms with Gasteiger partial charge in [0.05, 0.1) is 6.10 Å². The van der Waals surface area contributed by atoms with E-state index in [-0.39, 0.29) is 23.6 Å². The largest absolute Gasteiger partial charge is 0.509 e. The molecule has 7 heteroatoms. The molecule has 166 valence electrons. The van der Waals surface area contributed by atoms with E-state index in [2.05, 4.69) is 4.90 Å². The molecule has 2 aromatic rings. The van der Waals surface area contributed by atoms with Crippen LogP contribution in [0.1, 0.15) is 48.7 Å². The van der Waals surface area contributed by atoms with Crippen LogP contribution in [-0.2, 0) is 9.47 Å². The third-order valence-electron chi connectivity index (χ3n) is 5.32. The number of piperidine rings is 1. The number of carbonyl (C=O) groups is 2. The summed E-state index contributed by atoms with van der Waals surface area (Å²) in [5.41, 5.74) is 1.37. The monoisotopic (exact) mass is 447 g/mol. The van der Waals surface area contributed by atoms with Crippen LogP contribution in [-0.4, -0.2) is 42.6 Å². The van der Waals surface area contributed by atoms with Gasteiger partial charge in [0.15, 0.2) is 5.78 Å². The Morgan fingerprint density at radius 3 is 2.23 bits per heavy atom. The second-order valence-electron chi connectivity index (χ2n) is 8.02. The van der Waals surface area contributed by atoms with E-state index >= 15 is 0 Å². The Labute approximate surface area is 187 Å². The molecule has 1 atom stereocenters. The van der Waals surface area contributed by atoms with Crippen LogP contribution in [0.3, 0.4) is 0 Å². The number of likely N-dealkylation sites (tertiary alicyclic amines) is 1. The maximum Gasteiger partial charge on any atom is 0.509 e. The Hall–Kier alpha value is -2.44. The second kappa shape index (κ2) is 10.7. The second-order valence-corrected chi connectivity index (χ2v) is 8.46. The van der Waals surface area contributed by atoms with Crippen molar-refractivity contribution in [3.05, 3.63) is 70.5 Å². The van der Waals surface area contributed by atoms with E-state index in [0.717, 1.165) is 5.56 Å². The first-order chi connectivity index (χ1) is 14.8. The van der Waals surface area contributed by atoms with Crippen molar-refractivity contribution in [2.24, 2.45) is 5.92 Å². The van der Waals surface area contributed by atoms with Crippen LogP contribution in [0, 0.1) is 11.7 Å². The Kier molecular flexibility index (Phi) is 8.04. The summed E-state index contributed by atoms with van der Waals surface area (Å²) in [5, 5.41) is 0.604. The van der Waals surface area contributed by atoms with E-state index in [1.54, 1.807) is 26.0 Å². The van der Waals surface area contributed by atoms with Crippen molar-refractivity contribution in [1.29, 1.82) is 0 Å². The number of nitrogens with zero attached hydrogens (tertiary/aromatic N) is 1. The molecule has 3 rings (SSSR count). The molecule has 1 saturated heterocycles. The average molecular weight is 448 g/mol. The first-order valence-corrected chi connectivity index (χ1v) is 10.8. The quantitative estimate of drug-likeness (QED) is 0.404. The standard InChI is InChI=1S/C24H27ClFNO4/c1-16(2)30-24(29)31-22(17-3-7-20(25)8-4-17)15-27-13-11-19(12-14-27)23(28)18-5-9-21(26)10-6-18/h3-10,16,19,22H,11-15H2,1-2H3. The van der Waals surface area contributed by atoms with Gasteiger partial charge in [-0.25, -0.2) is 9.18 Å². The molecular weight excluding hydrogens is 421 g/mol. The number of ether oxygens (including phenoxy) is 2. The molecular formula is C24H27ClFNO4. The van der Waals surface area contributed by atoms with Crippen molar-refractivity contribution in [2.45, 2.75) is 38.9 Å². The Morgan fingerprint density at radius 2 is 1.65 bits per heavy atom. The number of ketones is 1. The zero-order valence-electron chi connectivity index (χ0n) is 17.7. The van der Waals surface area contributed by atoms with Gasteiger partial charge in [-0.3, -0.25) is 9.69 Å². The molecule has 1 aliphatic heterocycles. The maximum absolute atomic E-state index is 13.1. The number of halogens is 2.